The van der Waals surface area contributed by atoms with Gasteiger partial charge in [0.15, 0.2) is 0 Å². The molecule has 6 heteroatoms. The van der Waals surface area contributed by atoms with E-state index in [1.54, 1.807) is 24.3 Å². The van der Waals surface area contributed by atoms with Crippen LogP contribution in [0.1, 0.15) is 25.7 Å². The Morgan fingerprint density at radius 3 is 2.11 bits per heavy atom. The summed E-state index contributed by atoms with van der Waals surface area (Å²) in [4.78, 5) is 27.7. The van der Waals surface area contributed by atoms with Crippen LogP contribution in [-0.4, -0.2) is 24.9 Å². The second-order valence-corrected chi connectivity index (χ2v) is 7.68. The third kappa shape index (κ3) is 3.78. The van der Waals surface area contributed by atoms with Gasteiger partial charge in [-0.1, -0.05) is 17.7 Å². The fraction of sp³-hybridized carbons (Fsp3) is 0.333. The average Bonchev–Trinajstić information content (AvgIpc) is 3.30. The van der Waals surface area contributed by atoms with E-state index in [1.807, 2.05) is 24.3 Å². The molecule has 0 radical (unpaired) electrons. The lowest BCUT2D eigenvalue weighted by Crippen LogP contribution is -2.35. The van der Waals surface area contributed by atoms with Crippen LogP contribution in [0.3, 0.4) is 0 Å². The zero-order chi connectivity index (χ0) is 18.9. The van der Waals surface area contributed by atoms with E-state index in [-0.39, 0.29) is 11.8 Å². The van der Waals surface area contributed by atoms with Crippen molar-refractivity contribution in [3.05, 3.63) is 53.6 Å². The molecule has 1 aliphatic heterocycles. The van der Waals surface area contributed by atoms with Crippen molar-refractivity contribution < 1.29 is 9.59 Å². The average molecular weight is 384 g/mol. The normalized spacial score (nSPS) is 17.4. The molecule has 1 saturated carbocycles. The molecule has 0 aromatic heterocycles. The fourth-order valence-electron chi connectivity index (χ4n) is 3.48. The van der Waals surface area contributed by atoms with Crippen LogP contribution < -0.4 is 15.5 Å². The summed E-state index contributed by atoms with van der Waals surface area (Å²) >= 11 is 5.95. The van der Waals surface area contributed by atoms with Crippen molar-refractivity contribution in [2.24, 2.45) is 5.41 Å². The van der Waals surface area contributed by atoms with Gasteiger partial charge in [-0.05, 0) is 68.1 Å². The molecule has 0 unspecified atom stereocenters. The van der Waals surface area contributed by atoms with Crippen molar-refractivity contribution in [1.29, 1.82) is 0 Å². The summed E-state index contributed by atoms with van der Waals surface area (Å²) in [5.41, 5.74) is 1.49. The minimum atomic E-state index is -0.990. The van der Waals surface area contributed by atoms with E-state index in [1.165, 1.54) is 18.5 Å². The van der Waals surface area contributed by atoms with Crippen LogP contribution in [0, 0.1) is 5.41 Å². The number of benzene rings is 2. The third-order valence-corrected chi connectivity index (χ3v) is 5.53. The van der Waals surface area contributed by atoms with E-state index in [4.69, 9.17) is 11.6 Å². The largest absolute Gasteiger partial charge is 0.372 e. The SMILES string of the molecule is O=C(Nc1ccc(N2CCCC2)cc1)C1(C(=O)Nc2cccc(Cl)c2)CC1. The van der Waals surface area contributed by atoms with Crippen molar-refractivity contribution in [2.75, 3.05) is 28.6 Å². The predicted molar refractivity (Wildman–Crippen MR) is 108 cm³/mol. The van der Waals surface area contributed by atoms with Crippen LogP contribution in [0.2, 0.25) is 5.02 Å². The highest BCUT2D eigenvalue weighted by atomic mass is 35.5. The zero-order valence-corrected chi connectivity index (χ0v) is 15.8. The summed E-state index contributed by atoms with van der Waals surface area (Å²) in [5, 5.41) is 6.25. The number of hydrogen-bond acceptors (Lipinski definition) is 3. The van der Waals surface area contributed by atoms with Crippen molar-refractivity contribution in [3.8, 4) is 0 Å². The summed E-state index contributed by atoms with van der Waals surface area (Å²) in [5.74, 6) is -0.535. The number of rotatable bonds is 5. The van der Waals surface area contributed by atoms with Gasteiger partial charge >= 0.3 is 0 Å². The fourth-order valence-corrected chi connectivity index (χ4v) is 3.67. The summed E-state index contributed by atoms with van der Waals surface area (Å²) in [7, 11) is 0. The van der Waals surface area contributed by atoms with Gasteiger partial charge in [0.2, 0.25) is 11.8 Å². The molecule has 0 bridgehead atoms. The molecule has 4 rings (SSSR count). The molecule has 1 heterocycles. The Morgan fingerprint density at radius 1 is 0.889 bits per heavy atom. The molecule has 27 heavy (non-hydrogen) atoms. The highest BCUT2D eigenvalue weighted by molar-refractivity contribution is 6.31. The first kappa shape index (κ1) is 17.9. The molecule has 2 amide bonds. The van der Waals surface area contributed by atoms with Gasteiger partial charge in [0, 0.05) is 35.2 Å². The molecule has 5 nitrogen and oxygen atoms in total. The third-order valence-electron chi connectivity index (χ3n) is 5.30. The van der Waals surface area contributed by atoms with Gasteiger partial charge in [-0.2, -0.15) is 0 Å². The molecule has 1 saturated heterocycles. The Kier molecular flexibility index (Phi) is 4.79. The second-order valence-electron chi connectivity index (χ2n) is 7.24. The Hall–Kier alpha value is -2.53. The van der Waals surface area contributed by atoms with Crippen molar-refractivity contribution in [3.63, 3.8) is 0 Å². The zero-order valence-electron chi connectivity index (χ0n) is 15.0. The molecule has 2 N–H and O–H groups in total. The number of halogens is 1. The number of anilines is 3. The summed E-state index contributed by atoms with van der Waals surface area (Å²) in [6.07, 6.45) is 3.56. The Morgan fingerprint density at radius 2 is 1.52 bits per heavy atom. The Balaban J connectivity index is 1.40. The smallest absolute Gasteiger partial charge is 0.240 e. The lowest BCUT2D eigenvalue weighted by Gasteiger charge is -2.19. The van der Waals surface area contributed by atoms with E-state index in [9.17, 15) is 9.59 Å². The van der Waals surface area contributed by atoms with Gasteiger partial charge < -0.3 is 15.5 Å². The molecule has 2 aromatic rings. The van der Waals surface area contributed by atoms with E-state index >= 15 is 0 Å². The lowest BCUT2D eigenvalue weighted by atomic mass is 10.0. The van der Waals surface area contributed by atoms with E-state index < -0.39 is 5.41 Å². The van der Waals surface area contributed by atoms with Crippen molar-refractivity contribution in [2.45, 2.75) is 25.7 Å². The Bertz CT molecular complexity index is 856. The molecule has 140 valence electrons. The summed E-state index contributed by atoms with van der Waals surface area (Å²) in [6.45, 7) is 2.16. The first-order valence-corrected chi connectivity index (χ1v) is 9.68. The minimum Gasteiger partial charge on any atom is -0.372 e. The van der Waals surface area contributed by atoms with Crippen LogP contribution in [-0.2, 0) is 9.59 Å². The standard InChI is InChI=1S/C21H22ClN3O2/c22-15-4-3-5-17(14-15)24-20(27)21(10-11-21)19(26)23-16-6-8-18(9-7-16)25-12-1-2-13-25/h3-9,14H,1-2,10-13H2,(H,23,26)(H,24,27). The van der Waals surface area contributed by atoms with Gasteiger partial charge in [-0.25, -0.2) is 0 Å². The van der Waals surface area contributed by atoms with E-state index in [0.29, 0.717) is 29.2 Å². The maximum atomic E-state index is 12.7. The molecule has 0 spiro atoms. The van der Waals surface area contributed by atoms with E-state index in [0.717, 1.165) is 13.1 Å². The number of nitrogens with zero attached hydrogens (tertiary/aromatic N) is 1. The van der Waals surface area contributed by atoms with Crippen LogP contribution in [0.4, 0.5) is 17.1 Å². The van der Waals surface area contributed by atoms with Crippen LogP contribution >= 0.6 is 11.6 Å². The van der Waals surface area contributed by atoms with Gasteiger partial charge in [-0.3, -0.25) is 9.59 Å². The van der Waals surface area contributed by atoms with Gasteiger partial charge in [0.05, 0.1) is 0 Å². The summed E-state index contributed by atoms with van der Waals surface area (Å²) < 4.78 is 0. The maximum absolute atomic E-state index is 12.7. The topological polar surface area (TPSA) is 61.4 Å². The lowest BCUT2D eigenvalue weighted by molar-refractivity contribution is -0.131. The van der Waals surface area contributed by atoms with Gasteiger partial charge in [-0.15, -0.1) is 0 Å². The quantitative estimate of drug-likeness (QED) is 0.757. The van der Waals surface area contributed by atoms with Gasteiger partial charge in [0.25, 0.3) is 0 Å². The minimum absolute atomic E-state index is 0.254. The van der Waals surface area contributed by atoms with Crippen LogP contribution in [0.15, 0.2) is 48.5 Å². The molecular weight excluding hydrogens is 362 g/mol. The maximum Gasteiger partial charge on any atom is 0.240 e. The number of nitrogens with one attached hydrogen (secondary N) is 2. The molecular formula is C21H22ClN3O2. The van der Waals surface area contributed by atoms with Crippen LogP contribution in [0.5, 0.6) is 0 Å². The monoisotopic (exact) mass is 383 g/mol. The van der Waals surface area contributed by atoms with E-state index in [2.05, 4.69) is 15.5 Å². The first-order chi connectivity index (χ1) is 13.1. The molecule has 2 aromatic carbocycles. The molecule has 2 fully saturated rings. The Labute approximate surface area is 163 Å². The highest BCUT2D eigenvalue weighted by Gasteiger charge is 2.56. The van der Waals surface area contributed by atoms with Crippen molar-refractivity contribution >= 4 is 40.5 Å². The second kappa shape index (κ2) is 7.24. The number of carbonyl (C=O) groups is 2. The number of hydrogen-bond donors (Lipinski definition) is 2. The molecule has 0 atom stereocenters. The number of carbonyl (C=O) groups excluding carboxylic acids is 2. The predicted octanol–water partition coefficient (Wildman–Crippen LogP) is 4.30. The molecule has 2 aliphatic rings. The first-order valence-electron chi connectivity index (χ1n) is 9.30. The molecule has 1 aliphatic carbocycles. The van der Waals surface area contributed by atoms with Crippen LogP contribution in [0.25, 0.3) is 0 Å². The highest BCUT2D eigenvalue weighted by Crippen LogP contribution is 2.47. The number of amides is 2. The van der Waals surface area contributed by atoms with Gasteiger partial charge in [0.1, 0.15) is 5.41 Å². The van der Waals surface area contributed by atoms with Crippen molar-refractivity contribution in [1.82, 2.24) is 0 Å². The summed E-state index contributed by atoms with van der Waals surface area (Å²) in [6, 6.07) is 14.8.